The van der Waals surface area contributed by atoms with Crippen LogP contribution in [0.15, 0.2) is 48.6 Å². The van der Waals surface area contributed by atoms with E-state index >= 15 is 0 Å². The van der Waals surface area contributed by atoms with Gasteiger partial charge >= 0.3 is 19.8 Å². The first kappa shape index (κ1) is 69.0. The third-order valence-corrected chi connectivity index (χ3v) is 14.2. The van der Waals surface area contributed by atoms with E-state index in [1.807, 2.05) is 0 Å². The molecule has 0 amide bonds. The van der Waals surface area contributed by atoms with Crippen molar-refractivity contribution in [2.24, 2.45) is 5.73 Å². The first-order valence-corrected chi connectivity index (χ1v) is 31.6. The Morgan fingerprint density at radius 1 is 0.423 bits per heavy atom. The van der Waals surface area contributed by atoms with Gasteiger partial charge in [-0.3, -0.25) is 18.6 Å². The summed E-state index contributed by atoms with van der Waals surface area (Å²) in [6, 6.07) is 0. The van der Waals surface area contributed by atoms with E-state index in [1.165, 1.54) is 193 Å². The highest BCUT2D eigenvalue weighted by molar-refractivity contribution is 7.47. The number of carbonyl (C=O) groups is 2. The molecule has 71 heavy (non-hydrogen) atoms. The molecule has 0 aliphatic heterocycles. The van der Waals surface area contributed by atoms with Crippen LogP contribution >= 0.6 is 7.82 Å². The fraction of sp³-hybridized carbons (Fsp3) is 0.836. The molecule has 0 saturated heterocycles. The Morgan fingerprint density at radius 3 is 1.14 bits per heavy atom. The first-order valence-electron chi connectivity index (χ1n) is 30.1. The van der Waals surface area contributed by atoms with Crippen molar-refractivity contribution in [2.45, 2.75) is 302 Å². The molecule has 0 aromatic rings. The number of carbonyl (C=O) groups excluding carboxylic acids is 2. The molecule has 0 aromatic heterocycles. The molecule has 0 spiro atoms. The van der Waals surface area contributed by atoms with E-state index in [1.54, 1.807) is 0 Å². The molecule has 416 valence electrons. The molecule has 0 bridgehead atoms. The van der Waals surface area contributed by atoms with Crippen LogP contribution in [0.3, 0.4) is 0 Å². The highest BCUT2D eigenvalue weighted by atomic mass is 31.2. The minimum absolute atomic E-state index is 0.0534. The summed E-state index contributed by atoms with van der Waals surface area (Å²) in [5.74, 6) is -0.829. The highest BCUT2D eigenvalue weighted by Crippen LogP contribution is 2.43. The quantitative estimate of drug-likeness (QED) is 0.0264. The summed E-state index contributed by atoms with van der Waals surface area (Å²) in [7, 11) is -4.38. The summed E-state index contributed by atoms with van der Waals surface area (Å²) in [5, 5.41) is 0. The summed E-state index contributed by atoms with van der Waals surface area (Å²) < 4.78 is 32.9. The SMILES string of the molecule is CCCC/C=C\CCCCCCCC(=O)OCC(COP(=O)(O)OCCN)OC(=O)CCCCCCCCCCCCCCCCCCCCCCCCCC/C=C\C/C=C\C/C=C\CCCCCCC. The molecule has 0 fully saturated rings. The number of allylic oxidation sites excluding steroid dienone is 8. The second-order valence-electron chi connectivity index (χ2n) is 20.2. The third-order valence-electron chi connectivity index (χ3n) is 13.2. The average molecular weight is 1020 g/mol. The van der Waals surface area contributed by atoms with E-state index in [2.05, 4.69) is 62.5 Å². The monoisotopic (exact) mass is 1020 g/mol. The summed E-state index contributed by atoms with van der Waals surface area (Å²) in [6.45, 7) is 3.70. The second-order valence-corrected chi connectivity index (χ2v) is 21.7. The minimum Gasteiger partial charge on any atom is -0.462 e. The van der Waals surface area contributed by atoms with Crippen LogP contribution in [0.1, 0.15) is 296 Å². The van der Waals surface area contributed by atoms with Gasteiger partial charge in [-0.15, -0.1) is 0 Å². The lowest BCUT2D eigenvalue weighted by atomic mass is 10.0. The summed E-state index contributed by atoms with van der Waals surface area (Å²) in [6.07, 6.45) is 70.7. The maximum absolute atomic E-state index is 12.7. The van der Waals surface area contributed by atoms with Crippen LogP contribution < -0.4 is 5.73 Å². The van der Waals surface area contributed by atoms with E-state index in [0.29, 0.717) is 6.42 Å². The summed E-state index contributed by atoms with van der Waals surface area (Å²) >= 11 is 0. The molecule has 2 atom stereocenters. The van der Waals surface area contributed by atoms with Crippen LogP contribution in [0.5, 0.6) is 0 Å². The van der Waals surface area contributed by atoms with Crippen molar-refractivity contribution in [3.63, 3.8) is 0 Å². The number of rotatable bonds is 57. The van der Waals surface area contributed by atoms with Crippen LogP contribution in [0.25, 0.3) is 0 Å². The van der Waals surface area contributed by atoms with E-state index in [-0.39, 0.29) is 38.6 Å². The molecule has 0 heterocycles. The van der Waals surface area contributed by atoms with Gasteiger partial charge in [0.2, 0.25) is 0 Å². The molecular weight excluding hydrogens is 906 g/mol. The van der Waals surface area contributed by atoms with Crippen LogP contribution in [0.2, 0.25) is 0 Å². The molecule has 0 aliphatic carbocycles. The highest BCUT2D eigenvalue weighted by Gasteiger charge is 2.26. The molecule has 10 heteroatoms. The maximum Gasteiger partial charge on any atom is 0.472 e. The van der Waals surface area contributed by atoms with E-state index in [0.717, 1.165) is 70.6 Å². The Kier molecular flexibility index (Phi) is 55.6. The number of phosphoric ester groups is 1. The summed E-state index contributed by atoms with van der Waals surface area (Å²) in [4.78, 5) is 35.0. The third kappa shape index (κ3) is 57.1. The predicted molar refractivity (Wildman–Crippen MR) is 303 cm³/mol. The van der Waals surface area contributed by atoms with Crippen molar-refractivity contribution in [2.75, 3.05) is 26.4 Å². The number of esters is 2. The van der Waals surface area contributed by atoms with Gasteiger partial charge in [-0.25, -0.2) is 4.57 Å². The zero-order valence-corrected chi connectivity index (χ0v) is 47.4. The lowest BCUT2D eigenvalue weighted by Gasteiger charge is -2.19. The lowest BCUT2D eigenvalue weighted by Crippen LogP contribution is -2.29. The van der Waals surface area contributed by atoms with Gasteiger partial charge in [0.25, 0.3) is 0 Å². The topological polar surface area (TPSA) is 134 Å². The number of hydrogen-bond donors (Lipinski definition) is 2. The van der Waals surface area contributed by atoms with Gasteiger partial charge in [0.1, 0.15) is 6.61 Å². The van der Waals surface area contributed by atoms with Gasteiger partial charge in [0.15, 0.2) is 6.10 Å². The van der Waals surface area contributed by atoms with Crippen molar-refractivity contribution in [3.05, 3.63) is 48.6 Å². The van der Waals surface area contributed by atoms with Crippen LogP contribution in [-0.2, 0) is 32.7 Å². The van der Waals surface area contributed by atoms with Gasteiger partial charge in [-0.05, 0) is 70.6 Å². The second kappa shape index (κ2) is 57.3. The molecule has 9 nitrogen and oxygen atoms in total. The van der Waals surface area contributed by atoms with Crippen LogP contribution in [-0.4, -0.2) is 49.3 Å². The Labute approximate surface area is 438 Å². The molecule has 3 N–H and O–H groups in total. The van der Waals surface area contributed by atoms with Crippen molar-refractivity contribution < 1.29 is 37.6 Å². The lowest BCUT2D eigenvalue weighted by molar-refractivity contribution is -0.161. The van der Waals surface area contributed by atoms with Gasteiger partial charge in [-0.1, -0.05) is 262 Å². The Morgan fingerprint density at radius 2 is 0.746 bits per heavy atom. The smallest absolute Gasteiger partial charge is 0.462 e. The predicted octanol–water partition coefficient (Wildman–Crippen LogP) is 19.0. The number of ether oxygens (including phenoxy) is 2. The van der Waals surface area contributed by atoms with Crippen molar-refractivity contribution in [3.8, 4) is 0 Å². The molecule has 0 aliphatic rings. The van der Waals surface area contributed by atoms with Gasteiger partial charge in [0.05, 0.1) is 13.2 Å². The molecule has 0 radical (unpaired) electrons. The minimum atomic E-state index is -4.38. The molecule has 0 aromatic carbocycles. The molecule has 0 rings (SSSR count). The summed E-state index contributed by atoms with van der Waals surface area (Å²) in [5.41, 5.74) is 5.37. The van der Waals surface area contributed by atoms with E-state index in [4.69, 9.17) is 24.3 Å². The van der Waals surface area contributed by atoms with Crippen molar-refractivity contribution in [1.29, 1.82) is 0 Å². The van der Waals surface area contributed by atoms with Gasteiger partial charge in [-0.2, -0.15) is 0 Å². The van der Waals surface area contributed by atoms with Crippen molar-refractivity contribution >= 4 is 19.8 Å². The number of nitrogens with two attached hydrogens (primary N) is 1. The Hall–Kier alpha value is -2.03. The zero-order chi connectivity index (χ0) is 51.7. The van der Waals surface area contributed by atoms with Gasteiger partial charge in [0, 0.05) is 19.4 Å². The fourth-order valence-electron chi connectivity index (χ4n) is 8.69. The van der Waals surface area contributed by atoms with Crippen LogP contribution in [0.4, 0.5) is 0 Å². The zero-order valence-electron chi connectivity index (χ0n) is 46.5. The standard InChI is InChI=1S/C61H114NO8P/c1-3-5-7-9-11-13-15-16-17-18-19-20-21-22-23-24-25-26-27-28-29-30-31-32-33-34-35-36-37-38-39-40-41-42-44-46-48-50-52-54-61(64)70-59(58-69-71(65,66)68-56-55-62)57-67-60(63)53-51-49-47-45-43-14-12-10-8-6-4-2/h10,12,15-16,18-19,21-22,59H,3-9,11,13-14,17,20,23-58,62H2,1-2H3,(H,65,66)/b12-10-,16-15-,19-18-,22-21-. The number of hydrogen-bond acceptors (Lipinski definition) is 8. The van der Waals surface area contributed by atoms with Gasteiger partial charge < -0.3 is 20.1 Å². The van der Waals surface area contributed by atoms with E-state index < -0.39 is 26.5 Å². The van der Waals surface area contributed by atoms with E-state index in [9.17, 15) is 19.0 Å². The maximum atomic E-state index is 12.7. The van der Waals surface area contributed by atoms with Crippen molar-refractivity contribution in [1.82, 2.24) is 0 Å². The Balaban J connectivity index is 3.73. The first-order chi connectivity index (χ1) is 34.8. The largest absolute Gasteiger partial charge is 0.472 e. The fourth-order valence-corrected chi connectivity index (χ4v) is 9.45. The average Bonchev–Trinajstić information content (AvgIpc) is 3.36. The molecule has 2 unspecified atom stereocenters. The number of phosphoric acid groups is 1. The normalized spacial score (nSPS) is 13.4. The number of unbranched alkanes of at least 4 members (excludes halogenated alkanes) is 36. The molecule has 0 saturated carbocycles. The Bertz CT molecular complexity index is 1300. The molecular formula is C61H114NO8P. The van der Waals surface area contributed by atoms with Crippen LogP contribution in [0, 0.1) is 0 Å².